The van der Waals surface area contributed by atoms with Crippen molar-refractivity contribution in [3.63, 3.8) is 0 Å². The largest absolute Gasteiger partial charge is 0.368 e. The number of hydrogen-bond donors (Lipinski definition) is 1. The molecule has 2 N–H and O–H groups in total. The zero-order valence-electron chi connectivity index (χ0n) is 11.7. The van der Waals surface area contributed by atoms with E-state index in [2.05, 4.69) is 16.0 Å². The van der Waals surface area contributed by atoms with Gasteiger partial charge in [0.05, 0.1) is 17.6 Å². The van der Waals surface area contributed by atoms with Crippen molar-refractivity contribution in [3.05, 3.63) is 24.0 Å². The van der Waals surface area contributed by atoms with E-state index in [9.17, 15) is 4.79 Å². The molecule has 1 aliphatic rings. The molecule has 1 aromatic rings. The molecule has 104 valence electrons. The van der Waals surface area contributed by atoms with Crippen molar-refractivity contribution in [3.8, 4) is 0 Å². The molecule has 19 heavy (non-hydrogen) atoms. The third kappa shape index (κ3) is 3.44. The van der Waals surface area contributed by atoms with Crippen molar-refractivity contribution < 1.29 is 4.79 Å². The number of carbonyl (C=O) groups is 1. The Bertz CT molecular complexity index is 430. The highest BCUT2D eigenvalue weighted by Gasteiger charge is 2.17. The minimum atomic E-state index is -0.0358. The van der Waals surface area contributed by atoms with Crippen LogP contribution in [0.2, 0.25) is 0 Å². The number of aromatic nitrogens is 1. The van der Waals surface area contributed by atoms with Gasteiger partial charge in [0.15, 0.2) is 0 Å². The van der Waals surface area contributed by atoms with Crippen molar-refractivity contribution in [1.29, 1.82) is 0 Å². The quantitative estimate of drug-likeness (QED) is 0.868. The van der Waals surface area contributed by atoms with Crippen LogP contribution in [0.1, 0.15) is 32.0 Å². The maximum absolute atomic E-state index is 11.4. The summed E-state index contributed by atoms with van der Waals surface area (Å²) in [5.41, 5.74) is 7.81. The fourth-order valence-electron chi connectivity index (χ4n) is 2.34. The van der Waals surface area contributed by atoms with E-state index in [0.29, 0.717) is 0 Å². The lowest BCUT2D eigenvalue weighted by atomic mass is 10.2. The molecule has 1 aliphatic heterocycles. The van der Waals surface area contributed by atoms with Gasteiger partial charge in [-0.3, -0.25) is 9.78 Å². The van der Waals surface area contributed by atoms with Crippen LogP contribution in [-0.4, -0.2) is 42.0 Å². The summed E-state index contributed by atoms with van der Waals surface area (Å²) in [6, 6.07) is 4.01. The van der Waals surface area contributed by atoms with Crippen molar-refractivity contribution in [1.82, 2.24) is 9.88 Å². The molecule has 0 radical (unpaired) electrons. The molecule has 1 aromatic heterocycles. The third-order valence-electron chi connectivity index (χ3n) is 3.54. The van der Waals surface area contributed by atoms with Crippen molar-refractivity contribution in [2.75, 3.05) is 31.1 Å². The van der Waals surface area contributed by atoms with Crippen molar-refractivity contribution >= 4 is 11.6 Å². The first-order chi connectivity index (χ1) is 9.08. The first-order valence-corrected chi connectivity index (χ1v) is 6.80. The summed E-state index contributed by atoms with van der Waals surface area (Å²) in [5, 5.41) is 0. The number of nitrogens with two attached hydrogens (primary N) is 1. The summed E-state index contributed by atoms with van der Waals surface area (Å²) in [6.45, 7) is 7.01. The first kappa shape index (κ1) is 13.8. The van der Waals surface area contributed by atoms with Gasteiger partial charge in [0, 0.05) is 39.1 Å². The number of anilines is 1. The Kier molecular flexibility index (Phi) is 4.37. The van der Waals surface area contributed by atoms with Crippen molar-refractivity contribution in [2.24, 2.45) is 5.73 Å². The summed E-state index contributed by atoms with van der Waals surface area (Å²) < 4.78 is 0. The number of carbonyl (C=O) groups excluding carboxylic acids is 1. The number of rotatable bonds is 2. The minimum Gasteiger partial charge on any atom is -0.368 e. The molecule has 2 rings (SSSR count). The second-order valence-corrected chi connectivity index (χ2v) is 5.08. The van der Waals surface area contributed by atoms with Gasteiger partial charge in [-0.1, -0.05) is 0 Å². The summed E-state index contributed by atoms with van der Waals surface area (Å²) in [4.78, 5) is 20.0. The highest BCUT2D eigenvalue weighted by atomic mass is 16.2. The van der Waals surface area contributed by atoms with Crippen LogP contribution in [0.15, 0.2) is 18.3 Å². The highest BCUT2D eigenvalue weighted by molar-refractivity contribution is 5.73. The van der Waals surface area contributed by atoms with Crippen molar-refractivity contribution in [2.45, 2.75) is 26.3 Å². The van der Waals surface area contributed by atoms with Gasteiger partial charge in [-0.15, -0.1) is 0 Å². The molecule has 1 atom stereocenters. The van der Waals surface area contributed by atoms with Gasteiger partial charge < -0.3 is 15.5 Å². The molecule has 0 aromatic carbocycles. The number of pyridine rings is 1. The van der Waals surface area contributed by atoms with Crippen LogP contribution in [0.4, 0.5) is 5.69 Å². The van der Waals surface area contributed by atoms with E-state index in [1.165, 1.54) is 0 Å². The Labute approximate surface area is 114 Å². The predicted molar refractivity (Wildman–Crippen MR) is 75.9 cm³/mol. The SMILES string of the molecule is CC(=O)N1CCCN(c2ccc([C@H](C)N)nc2)CC1. The van der Waals surface area contributed by atoms with Crippen LogP contribution in [0.25, 0.3) is 0 Å². The molecule has 1 saturated heterocycles. The van der Waals surface area contributed by atoms with E-state index >= 15 is 0 Å². The van der Waals surface area contributed by atoms with Gasteiger partial charge in [-0.05, 0) is 25.5 Å². The lowest BCUT2D eigenvalue weighted by Gasteiger charge is -2.23. The molecule has 5 nitrogen and oxygen atoms in total. The molecular weight excluding hydrogens is 240 g/mol. The lowest BCUT2D eigenvalue weighted by molar-refractivity contribution is -0.128. The number of nitrogens with zero attached hydrogens (tertiary/aromatic N) is 3. The van der Waals surface area contributed by atoms with Gasteiger partial charge in [0.2, 0.25) is 5.91 Å². The van der Waals surface area contributed by atoms with E-state index in [1.54, 1.807) is 6.92 Å². The molecule has 0 bridgehead atoms. The third-order valence-corrected chi connectivity index (χ3v) is 3.54. The van der Waals surface area contributed by atoms with E-state index in [4.69, 9.17) is 5.73 Å². The summed E-state index contributed by atoms with van der Waals surface area (Å²) in [7, 11) is 0. The summed E-state index contributed by atoms with van der Waals surface area (Å²) in [5.74, 6) is 0.160. The van der Waals surface area contributed by atoms with Gasteiger partial charge in [-0.2, -0.15) is 0 Å². The molecule has 0 spiro atoms. The Morgan fingerprint density at radius 2 is 2.11 bits per heavy atom. The fourth-order valence-corrected chi connectivity index (χ4v) is 2.34. The topological polar surface area (TPSA) is 62.5 Å². The van der Waals surface area contributed by atoms with E-state index in [1.807, 2.05) is 24.1 Å². The highest BCUT2D eigenvalue weighted by Crippen LogP contribution is 2.17. The molecule has 1 fully saturated rings. The minimum absolute atomic E-state index is 0.0358. The zero-order chi connectivity index (χ0) is 13.8. The Morgan fingerprint density at radius 1 is 1.32 bits per heavy atom. The zero-order valence-corrected chi connectivity index (χ0v) is 11.7. The lowest BCUT2D eigenvalue weighted by Crippen LogP contribution is -2.33. The smallest absolute Gasteiger partial charge is 0.219 e. The van der Waals surface area contributed by atoms with Crippen LogP contribution < -0.4 is 10.6 Å². The van der Waals surface area contributed by atoms with E-state index < -0.39 is 0 Å². The van der Waals surface area contributed by atoms with E-state index in [0.717, 1.165) is 44.0 Å². The van der Waals surface area contributed by atoms with Gasteiger partial charge >= 0.3 is 0 Å². The molecule has 5 heteroatoms. The van der Waals surface area contributed by atoms with Crippen LogP contribution >= 0.6 is 0 Å². The number of hydrogen-bond acceptors (Lipinski definition) is 4. The fraction of sp³-hybridized carbons (Fsp3) is 0.571. The average molecular weight is 262 g/mol. The maximum Gasteiger partial charge on any atom is 0.219 e. The van der Waals surface area contributed by atoms with Gasteiger partial charge in [-0.25, -0.2) is 0 Å². The predicted octanol–water partition coefficient (Wildman–Crippen LogP) is 1.16. The average Bonchev–Trinajstić information content (AvgIpc) is 2.64. The Hall–Kier alpha value is -1.62. The molecule has 0 unspecified atom stereocenters. The van der Waals surface area contributed by atoms with Crippen LogP contribution in [0.3, 0.4) is 0 Å². The normalized spacial score (nSPS) is 18.1. The Balaban J connectivity index is 2.03. The molecule has 0 saturated carbocycles. The molecule has 0 aliphatic carbocycles. The van der Waals surface area contributed by atoms with Crippen LogP contribution in [-0.2, 0) is 4.79 Å². The molecule has 1 amide bonds. The second kappa shape index (κ2) is 6.02. The first-order valence-electron chi connectivity index (χ1n) is 6.80. The number of amides is 1. The van der Waals surface area contributed by atoms with E-state index in [-0.39, 0.29) is 11.9 Å². The molecule has 2 heterocycles. The van der Waals surface area contributed by atoms with Gasteiger partial charge in [0.25, 0.3) is 0 Å². The summed E-state index contributed by atoms with van der Waals surface area (Å²) in [6.07, 6.45) is 2.87. The van der Waals surface area contributed by atoms with Gasteiger partial charge in [0.1, 0.15) is 0 Å². The van der Waals surface area contributed by atoms with Crippen LogP contribution in [0.5, 0.6) is 0 Å². The Morgan fingerprint density at radius 3 is 2.68 bits per heavy atom. The van der Waals surface area contributed by atoms with Crippen LogP contribution in [0, 0.1) is 0 Å². The monoisotopic (exact) mass is 262 g/mol. The standard InChI is InChI=1S/C14H22N4O/c1-11(15)14-5-4-13(10-16-14)18-7-3-6-17(8-9-18)12(2)19/h4-5,10-11H,3,6-9,15H2,1-2H3/t11-/m0/s1. The maximum atomic E-state index is 11.4. The summed E-state index contributed by atoms with van der Waals surface area (Å²) >= 11 is 0. The molecular formula is C14H22N4O. The second-order valence-electron chi connectivity index (χ2n) is 5.08.